The summed E-state index contributed by atoms with van der Waals surface area (Å²) in [6.45, 7) is 13.9. The number of hydrogen-bond acceptors (Lipinski definition) is 1. The van der Waals surface area contributed by atoms with E-state index >= 15 is 0 Å². The van der Waals surface area contributed by atoms with Crippen molar-refractivity contribution in [2.75, 3.05) is 18.9 Å². The highest BCUT2D eigenvalue weighted by molar-refractivity contribution is 7.73. The molecule has 1 N–H and O–H groups in total. The molecule has 4 aromatic rings. The van der Waals surface area contributed by atoms with Crippen molar-refractivity contribution in [2.45, 2.75) is 60.8 Å². The van der Waals surface area contributed by atoms with Gasteiger partial charge in [0.05, 0.1) is 0 Å². The highest BCUT2D eigenvalue weighted by atomic mass is 31.1. The zero-order valence-corrected chi connectivity index (χ0v) is 28.2. The van der Waals surface area contributed by atoms with Crippen molar-refractivity contribution < 1.29 is 5.11 Å². The van der Waals surface area contributed by atoms with E-state index in [0.717, 1.165) is 19.0 Å². The summed E-state index contributed by atoms with van der Waals surface area (Å²) >= 11 is 0. The highest BCUT2D eigenvalue weighted by Gasteiger charge is 2.52. The van der Waals surface area contributed by atoms with E-state index in [1.165, 1.54) is 56.1 Å². The minimum atomic E-state index is -0.537. The molecule has 1 aliphatic carbocycles. The Morgan fingerprint density at radius 1 is 0.643 bits per heavy atom. The number of rotatable bonds is 11. The summed E-state index contributed by atoms with van der Waals surface area (Å²) in [4.78, 5) is 0. The Kier molecular flexibility index (Phi) is 9.74. The van der Waals surface area contributed by atoms with Gasteiger partial charge in [-0.15, -0.1) is 0 Å². The molecular formula is C39H48OP2. The second kappa shape index (κ2) is 13.1. The lowest BCUT2D eigenvalue weighted by atomic mass is 9.52. The van der Waals surface area contributed by atoms with Crippen LogP contribution in [0.15, 0.2) is 97.1 Å². The smallest absolute Gasteiger partial charge is 0.0487 e. The molecule has 3 unspecified atom stereocenters. The van der Waals surface area contributed by atoms with Gasteiger partial charge in [0.2, 0.25) is 0 Å². The maximum atomic E-state index is 10.6. The molecule has 42 heavy (non-hydrogen) atoms. The van der Waals surface area contributed by atoms with Crippen molar-refractivity contribution in [1.29, 1.82) is 0 Å². The third-order valence-corrected chi connectivity index (χ3v) is 15.3. The van der Waals surface area contributed by atoms with Gasteiger partial charge in [0.25, 0.3) is 0 Å². The van der Waals surface area contributed by atoms with E-state index in [9.17, 15) is 5.11 Å². The predicted molar refractivity (Wildman–Crippen MR) is 187 cm³/mol. The number of benzene rings is 4. The van der Waals surface area contributed by atoms with Gasteiger partial charge in [-0.05, 0) is 113 Å². The largest absolute Gasteiger partial charge is 0.396 e. The van der Waals surface area contributed by atoms with Crippen molar-refractivity contribution in [3.05, 3.63) is 119 Å². The molecule has 1 saturated carbocycles. The lowest BCUT2D eigenvalue weighted by molar-refractivity contribution is -0.0745. The summed E-state index contributed by atoms with van der Waals surface area (Å²) in [6, 6.07) is 37.2. The number of hydrogen-bond donors (Lipinski definition) is 1. The monoisotopic (exact) mass is 594 g/mol. The maximum Gasteiger partial charge on any atom is 0.0487 e. The summed E-state index contributed by atoms with van der Waals surface area (Å²) in [5.74, 6) is 0.517. The summed E-state index contributed by atoms with van der Waals surface area (Å²) in [5.41, 5.74) is 5.39. The zero-order chi connectivity index (χ0) is 29.9. The van der Waals surface area contributed by atoms with E-state index < -0.39 is 15.8 Å². The van der Waals surface area contributed by atoms with E-state index in [0.29, 0.717) is 5.92 Å². The van der Waals surface area contributed by atoms with E-state index in [4.69, 9.17) is 0 Å². The number of aryl methyl sites for hydroxylation is 4. The fourth-order valence-electron chi connectivity index (χ4n) is 6.89. The molecule has 1 fully saturated rings. The summed E-state index contributed by atoms with van der Waals surface area (Å²) in [7, 11) is -1.01. The summed E-state index contributed by atoms with van der Waals surface area (Å²) < 4.78 is 0. The van der Waals surface area contributed by atoms with Crippen molar-refractivity contribution in [2.24, 2.45) is 16.7 Å². The van der Waals surface area contributed by atoms with Crippen LogP contribution < -0.4 is 21.2 Å². The molecule has 0 spiro atoms. The normalized spacial score (nSPS) is 20.0. The average Bonchev–Trinajstić information content (AvgIpc) is 2.98. The van der Waals surface area contributed by atoms with Gasteiger partial charge in [0, 0.05) is 6.61 Å². The van der Waals surface area contributed by atoms with Gasteiger partial charge in [-0.1, -0.05) is 133 Å². The first-order valence-electron chi connectivity index (χ1n) is 15.5. The van der Waals surface area contributed by atoms with Crippen LogP contribution in [-0.4, -0.2) is 24.0 Å². The Labute approximate surface area is 257 Å². The first-order chi connectivity index (χ1) is 20.1. The Morgan fingerprint density at radius 2 is 1.00 bits per heavy atom. The van der Waals surface area contributed by atoms with E-state index in [1.54, 1.807) is 0 Å². The van der Waals surface area contributed by atoms with Gasteiger partial charge in [-0.25, -0.2) is 0 Å². The van der Waals surface area contributed by atoms with Gasteiger partial charge >= 0.3 is 0 Å². The number of aliphatic hydroxyl groups is 1. The molecule has 0 aliphatic heterocycles. The fourth-order valence-corrected chi connectivity index (χ4v) is 12.2. The Hall–Kier alpha value is -2.30. The third-order valence-electron chi connectivity index (χ3n) is 9.86. The van der Waals surface area contributed by atoms with Crippen molar-refractivity contribution in [3.63, 3.8) is 0 Å². The zero-order valence-electron chi connectivity index (χ0n) is 26.4. The Bertz CT molecular complexity index is 1350. The van der Waals surface area contributed by atoms with Gasteiger partial charge in [0.15, 0.2) is 0 Å². The molecule has 5 rings (SSSR count). The first-order valence-corrected chi connectivity index (χ1v) is 18.6. The van der Waals surface area contributed by atoms with Gasteiger partial charge in [-0.3, -0.25) is 0 Å². The number of aliphatic hydroxyl groups excluding tert-OH is 1. The predicted octanol–water partition coefficient (Wildman–Crippen LogP) is 8.29. The summed E-state index contributed by atoms with van der Waals surface area (Å²) in [5, 5.41) is 16.5. The molecule has 1 aliphatic rings. The van der Waals surface area contributed by atoms with Crippen LogP contribution in [0.3, 0.4) is 0 Å². The van der Waals surface area contributed by atoms with Crippen LogP contribution in [0.1, 0.15) is 55.4 Å². The molecule has 0 aromatic heterocycles. The second-order valence-electron chi connectivity index (χ2n) is 13.4. The standard InChI is InChI=1S/C39H48OP2/c1-29-7-15-33(16-8-29)41(34-17-9-30(2)10-18-34)26-25-39(6,37-23-24-38(37,5)27-40)28-42(35-19-11-31(3)12-20-35)36-21-13-32(4)14-22-36/h7-22,37,40H,23-28H2,1-6H3. The van der Waals surface area contributed by atoms with Crippen LogP contribution >= 0.6 is 15.8 Å². The molecule has 0 bridgehead atoms. The first kappa shape index (κ1) is 31.1. The fraction of sp³-hybridized carbons (Fsp3) is 0.385. The van der Waals surface area contributed by atoms with Crippen LogP contribution in [0.2, 0.25) is 0 Å². The molecule has 0 radical (unpaired) electrons. The molecule has 3 heteroatoms. The molecule has 4 aromatic carbocycles. The lowest BCUT2D eigenvalue weighted by Gasteiger charge is -2.56. The van der Waals surface area contributed by atoms with E-state index in [2.05, 4.69) is 139 Å². The van der Waals surface area contributed by atoms with Crippen LogP contribution in [-0.2, 0) is 0 Å². The highest BCUT2D eigenvalue weighted by Crippen LogP contribution is 2.60. The minimum Gasteiger partial charge on any atom is -0.396 e. The molecular weight excluding hydrogens is 546 g/mol. The quantitative estimate of drug-likeness (QED) is 0.173. The van der Waals surface area contributed by atoms with Gasteiger partial charge < -0.3 is 5.11 Å². The Morgan fingerprint density at radius 3 is 1.31 bits per heavy atom. The third kappa shape index (κ3) is 6.91. The topological polar surface area (TPSA) is 20.2 Å². The second-order valence-corrected chi connectivity index (χ2v) is 17.9. The maximum absolute atomic E-state index is 10.6. The molecule has 220 valence electrons. The average molecular weight is 595 g/mol. The molecule has 1 nitrogen and oxygen atoms in total. The minimum absolute atomic E-state index is 0.00673. The van der Waals surface area contributed by atoms with Gasteiger partial charge in [0.1, 0.15) is 0 Å². The van der Waals surface area contributed by atoms with E-state index in [1.807, 2.05) is 0 Å². The Balaban J connectivity index is 1.53. The van der Waals surface area contributed by atoms with Gasteiger partial charge in [-0.2, -0.15) is 0 Å². The van der Waals surface area contributed by atoms with Crippen LogP contribution in [0.5, 0.6) is 0 Å². The van der Waals surface area contributed by atoms with Crippen LogP contribution in [0, 0.1) is 44.4 Å². The lowest BCUT2D eigenvalue weighted by Crippen LogP contribution is -2.51. The van der Waals surface area contributed by atoms with E-state index in [-0.39, 0.29) is 17.4 Å². The molecule has 0 amide bonds. The molecule has 0 heterocycles. The molecule has 0 saturated heterocycles. The van der Waals surface area contributed by atoms with Crippen molar-refractivity contribution in [3.8, 4) is 0 Å². The van der Waals surface area contributed by atoms with Crippen molar-refractivity contribution in [1.82, 2.24) is 0 Å². The molecule has 3 atom stereocenters. The SMILES string of the molecule is Cc1ccc(P(CCC(C)(CP(c2ccc(C)cc2)c2ccc(C)cc2)C2CCC2(C)CO)c2ccc(C)cc2)cc1. The summed E-state index contributed by atoms with van der Waals surface area (Å²) in [6.07, 6.45) is 5.82. The van der Waals surface area contributed by atoms with Crippen LogP contribution in [0.4, 0.5) is 0 Å². The van der Waals surface area contributed by atoms with Crippen molar-refractivity contribution >= 4 is 37.1 Å². The van der Waals surface area contributed by atoms with Crippen LogP contribution in [0.25, 0.3) is 0 Å².